The molecule has 0 aliphatic heterocycles. The van der Waals surface area contributed by atoms with E-state index in [2.05, 4.69) is 10.3 Å². The molecule has 0 saturated carbocycles. The average Bonchev–Trinajstić information content (AvgIpc) is 3.31. The van der Waals surface area contributed by atoms with Gasteiger partial charge in [0.25, 0.3) is 5.91 Å². The number of benzene rings is 2. The van der Waals surface area contributed by atoms with Gasteiger partial charge in [0.1, 0.15) is 23.7 Å². The summed E-state index contributed by atoms with van der Waals surface area (Å²) in [6.45, 7) is -0.0359. The van der Waals surface area contributed by atoms with Crippen LogP contribution in [0.2, 0.25) is 0 Å². The van der Waals surface area contributed by atoms with Crippen LogP contribution in [0.1, 0.15) is 16.2 Å². The highest BCUT2D eigenvalue weighted by molar-refractivity contribution is 6.00. The zero-order valence-electron chi connectivity index (χ0n) is 16.9. The fourth-order valence-electron chi connectivity index (χ4n) is 3.25. The van der Waals surface area contributed by atoms with Gasteiger partial charge in [-0.15, -0.1) is 0 Å². The standard InChI is InChI=1S/C24H21N3O4/c1-30-22-11-5-4-10-20(22)26-23(28)16-27(15-18-8-6-14-31-18)24(29)21-13-12-17-7-2-3-9-19(17)25-21/h2-14H,15-16H2,1H3,(H,26,28). The van der Waals surface area contributed by atoms with Gasteiger partial charge in [0.05, 0.1) is 31.1 Å². The van der Waals surface area contributed by atoms with Crippen LogP contribution in [0.25, 0.3) is 10.9 Å². The first kappa shape index (κ1) is 20.2. The molecule has 0 saturated heterocycles. The minimum atomic E-state index is -0.364. The van der Waals surface area contributed by atoms with Crippen LogP contribution >= 0.6 is 0 Å². The molecule has 1 N–H and O–H groups in total. The summed E-state index contributed by atoms with van der Waals surface area (Å²) in [6, 6.07) is 21.6. The van der Waals surface area contributed by atoms with Crippen molar-refractivity contribution in [3.05, 3.63) is 90.5 Å². The van der Waals surface area contributed by atoms with Crippen LogP contribution in [-0.2, 0) is 11.3 Å². The predicted octanol–water partition coefficient (Wildman–Crippen LogP) is 4.12. The molecule has 7 nitrogen and oxygen atoms in total. The second-order valence-corrected chi connectivity index (χ2v) is 6.88. The first-order valence-corrected chi connectivity index (χ1v) is 9.74. The molecule has 2 amide bonds. The predicted molar refractivity (Wildman–Crippen MR) is 117 cm³/mol. The third kappa shape index (κ3) is 4.72. The molecule has 0 bridgehead atoms. The number of methoxy groups -OCH3 is 1. The van der Waals surface area contributed by atoms with E-state index in [0.717, 1.165) is 5.39 Å². The van der Waals surface area contributed by atoms with Gasteiger partial charge in [0, 0.05) is 5.39 Å². The van der Waals surface area contributed by atoms with Crippen molar-refractivity contribution in [3.8, 4) is 5.75 Å². The van der Waals surface area contributed by atoms with E-state index in [1.165, 1.54) is 18.3 Å². The van der Waals surface area contributed by atoms with Crippen molar-refractivity contribution in [2.75, 3.05) is 19.0 Å². The van der Waals surface area contributed by atoms with Crippen molar-refractivity contribution in [2.45, 2.75) is 6.54 Å². The van der Waals surface area contributed by atoms with Gasteiger partial charge in [0.15, 0.2) is 0 Å². The quantitative estimate of drug-likeness (QED) is 0.491. The lowest BCUT2D eigenvalue weighted by molar-refractivity contribution is -0.117. The number of nitrogens with zero attached hydrogens (tertiary/aromatic N) is 2. The van der Waals surface area contributed by atoms with E-state index in [9.17, 15) is 9.59 Å². The maximum atomic E-state index is 13.2. The zero-order valence-corrected chi connectivity index (χ0v) is 16.9. The first-order valence-electron chi connectivity index (χ1n) is 9.74. The van der Waals surface area contributed by atoms with Crippen molar-refractivity contribution in [3.63, 3.8) is 0 Å². The molecule has 0 fully saturated rings. The second-order valence-electron chi connectivity index (χ2n) is 6.88. The highest BCUT2D eigenvalue weighted by Crippen LogP contribution is 2.23. The number of hydrogen-bond acceptors (Lipinski definition) is 5. The lowest BCUT2D eigenvalue weighted by atomic mass is 10.2. The average molecular weight is 415 g/mol. The van der Waals surface area contributed by atoms with Gasteiger partial charge < -0.3 is 19.4 Å². The molecular formula is C24H21N3O4. The molecule has 0 radical (unpaired) electrons. The third-order valence-corrected chi connectivity index (χ3v) is 4.75. The summed E-state index contributed by atoms with van der Waals surface area (Å²) in [7, 11) is 1.53. The van der Waals surface area contributed by atoms with Crippen molar-refractivity contribution in [2.24, 2.45) is 0 Å². The summed E-state index contributed by atoms with van der Waals surface area (Å²) in [6.07, 6.45) is 1.53. The van der Waals surface area contributed by atoms with Crippen LogP contribution < -0.4 is 10.1 Å². The van der Waals surface area contributed by atoms with E-state index >= 15 is 0 Å². The fourth-order valence-corrected chi connectivity index (χ4v) is 3.25. The Morgan fingerprint density at radius 1 is 1.00 bits per heavy atom. The van der Waals surface area contributed by atoms with Gasteiger partial charge in [-0.2, -0.15) is 0 Å². The summed E-state index contributed by atoms with van der Waals surface area (Å²) >= 11 is 0. The number of carbonyl (C=O) groups is 2. The number of pyridine rings is 1. The number of para-hydroxylation sites is 3. The van der Waals surface area contributed by atoms with E-state index in [1.54, 1.807) is 36.4 Å². The highest BCUT2D eigenvalue weighted by Gasteiger charge is 2.22. The summed E-state index contributed by atoms with van der Waals surface area (Å²) in [4.78, 5) is 31.9. The number of amides is 2. The maximum Gasteiger partial charge on any atom is 0.273 e. The zero-order chi connectivity index (χ0) is 21.6. The van der Waals surface area contributed by atoms with E-state index in [-0.39, 0.29) is 30.6 Å². The topological polar surface area (TPSA) is 84.7 Å². The largest absolute Gasteiger partial charge is 0.495 e. The minimum absolute atomic E-state index is 0.139. The number of anilines is 1. The van der Waals surface area contributed by atoms with Crippen LogP contribution in [0.5, 0.6) is 5.75 Å². The molecule has 156 valence electrons. The van der Waals surface area contributed by atoms with Gasteiger partial charge in [0.2, 0.25) is 5.91 Å². The molecule has 4 rings (SSSR count). The summed E-state index contributed by atoms with van der Waals surface area (Å²) < 4.78 is 10.7. The Labute approximate surface area is 179 Å². The Hall–Kier alpha value is -4.13. The Balaban J connectivity index is 1.57. The molecule has 2 aromatic heterocycles. The van der Waals surface area contributed by atoms with Gasteiger partial charge in [-0.1, -0.05) is 36.4 Å². The van der Waals surface area contributed by atoms with Crippen LogP contribution in [0, 0.1) is 0 Å². The second kappa shape index (κ2) is 9.13. The van der Waals surface area contributed by atoms with Crippen molar-refractivity contribution in [1.29, 1.82) is 0 Å². The number of rotatable bonds is 7. The smallest absolute Gasteiger partial charge is 0.273 e. The van der Waals surface area contributed by atoms with E-state index in [4.69, 9.17) is 9.15 Å². The summed E-state index contributed by atoms with van der Waals surface area (Å²) in [5, 5.41) is 3.73. The molecule has 7 heteroatoms. The Kier molecular flexibility index (Phi) is 5.93. The van der Waals surface area contributed by atoms with Crippen molar-refractivity contribution < 1.29 is 18.7 Å². The monoisotopic (exact) mass is 415 g/mol. The number of carbonyl (C=O) groups excluding carboxylic acids is 2. The van der Waals surface area contributed by atoms with Crippen molar-refractivity contribution >= 4 is 28.4 Å². The lowest BCUT2D eigenvalue weighted by Gasteiger charge is -2.21. The van der Waals surface area contributed by atoms with Crippen molar-refractivity contribution in [1.82, 2.24) is 9.88 Å². The molecule has 31 heavy (non-hydrogen) atoms. The number of furan rings is 1. The summed E-state index contributed by atoms with van der Waals surface area (Å²) in [5.41, 5.74) is 1.50. The molecule has 0 aliphatic rings. The Morgan fingerprint density at radius 2 is 1.81 bits per heavy atom. The van der Waals surface area contributed by atoms with Crippen LogP contribution in [-0.4, -0.2) is 35.4 Å². The molecule has 0 aliphatic carbocycles. The Bertz CT molecular complexity index is 1200. The number of aromatic nitrogens is 1. The number of hydrogen-bond donors (Lipinski definition) is 1. The van der Waals surface area contributed by atoms with Crippen LogP contribution in [0.3, 0.4) is 0 Å². The van der Waals surface area contributed by atoms with Gasteiger partial charge >= 0.3 is 0 Å². The normalized spacial score (nSPS) is 10.6. The fraction of sp³-hybridized carbons (Fsp3) is 0.125. The van der Waals surface area contributed by atoms with E-state index in [0.29, 0.717) is 22.7 Å². The maximum absolute atomic E-state index is 13.2. The Morgan fingerprint density at radius 3 is 2.61 bits per heavy atom. The SMILES string of the molecule is COc1ccccc1NC(=O)CN(Cc1ccco1)C(=O)c1ccc2ccccc2n1. The molecule has 0 atom stereocenters. The van der Waals surface area contributed by atoms with Gasteiger partial charge in [-0.25, -0.2) is 4.98 Å². The number of fused-ring (bicyclic) bond motifs is 1. The molecule has 4 aromatic rings. The number of nitrogens with one attached hydrogen (secondary N) is 1. The third-order valence-electron chi connectivity index (χ3n) is 4.75. The molecule has 2 heterocycles. The van der Waals surface area contributed by atoms with Crippen LogP contribution in [0.4, 0.5) is 5.69 Å². The minimum Gasteiger partial charge on any atom is -0.495 e. The molecule has 2 aromatic carbocycles. The van der Waals surface area contributed by atoms with Crippen LogP contribution in [0.15, 0.2) is 83.5 Å². The van der Waals surface area contributed by atoms with Gasteiger partial charge in [-0.3, -0.25) is 9.59 Å². The molecule has 0 unspecified atom stereocenters. The molecule has 0 spiro atoms. The van der Waals surface area contributed by atoms with E-state index < -0.39 is 0 Å². The lowest BCUT2D eigenvalue weighted by Crippen LogP contribution is -2.38. The van der Waals surface area contributed by atoms with Gasteiger partial charge in [-0.05, 0) is 36.4 Å². The highest BCUT2D eigenvalue weighted by atomic mass is 16.5. The number of ether oxygens (including phenoxy) is 1. The first-order chi connectivity index (χ1) is 15.1. The molecular weight excluding hydrogens is 394 g/mol. The summed E-state index contributed by atoms with van der Waals surface area (Å²) in [5.74, 6) is 0.387. The van der Waals surface area contributed by atoms with E-state index in [1.807, 2.05) is 36.4 Å².